The summed E-state index contributed by atoms with van der Waals surface area (Å²) in [6, 6.07) is 7.30. The molecule has 0 radical (unpaired) electrons. The monoisotopic (exact) mass is 259 g/mol. The van der Waals surface area contributed by atoms with Crippen LogP contribution in [0.4, 0.5) is 0 Å². The van der Waals surface area contributed by atoms with Crippen molar-refractivity contribution in [1.82, 2.24) is 4.90 Å². The van der Waals surface area contributed by atoms with E-state index in [9.17, 15) is 4.79 Å². The van der Waals surface area contributed by atoms with E-state index in [1.807, 2.05) is 18.2 Å². The second-order valence-electron chi connectivity index (χ2n) is 3.60. The van der Waals surface area contributed by atoms with Gasteiger partial charge < -0.3 is 9.64 Å². The molecule has 0 aromatic heterocycles. The average molecular weight is 260 g/mol. The molecule has 1 amide bonds. The Morgan fingerprint density at radius 1 is 1.44 bits per heavy atom. The zero-order chi connectivity index (χ0) is 11.5. The zero-order valence-corrected chi connectivity index (χ0v) is 10.0. The standard InChI is InChI=1S/C11H11Cl2NO2/c12-5-11(15)14-6-8(7-14)16-10-4-2-1-3-9(10)13/h1-4,8H,5-7H2. The van der Waals surface area contributed by atoms with Crippen molar-refractivity contribution in [3.05, 3.63) is 29.3 Å². The maximum atomic E-state index is 11.2. The summed E-state index contributed by atoms with van der Waals surface area (Å²) in [6.07, 6.45) is 0.0204. The van der Waals surface area contributed by atoms with Crippen LogP contribution in [0.2, 0.25) is 5.02 Å². The number of hydrogen-bond acceptors (Lipinski definition) is 2. The van der Waals surface area contributed by atoms with Gasteiger partial charge in [-0.1, -0.05) is 23.7 Å². The van der Waals surface area contributed by atoms with Gasteiger partial charge in [-0.05, 0) is 12.1 Å². The Kier molecular flexibility index (Phi) is 3.56. The minimum atomic E-state index is -0.0549. The molecule has 1 saturated heterocycles. The molecule has 1 aromatic carbocycles. The summed E-state index contributed by atoms with van der Waals surface area (Å²) in [6.45, 7) is 1.16. The number of nitrogens with zero attached hydrogens (tertiary/aromatic N) is 1. The van der Waals surface area contributed by atoms with E-state index < -0.39 is 0 Å². The molecule has 1 fully saturated rings. The minimum absolute atomic E-state index is 0.0204. The first-order valence-corrected chi connectivity index (χ1v) is 5.87. The van der Waals surface area contributed by atoms with Crippen molar-refractivity contribution in [2.45, 2.75) is 6.10 Å². The predicted octanol–water partition coefficient (Wildman–Crippen LogP) is 2.17. The van der Waals surface area contributed by atoms with Crippen molar-refractivity contribution in [2.75, 3.05) is 19.0 Å². The Bertz CT molecular complexity index is 391. The van der Waals surface area contributed by atoms with Crippen LogP contribution in [0.1, 0.15) is 0 Å². The normalized spacial score (nSPS) is 15.8. The van der Waals surface area contributed by atoms with Crippen LogP contribution >= 0.6 is 23.2 Å². The Labute approximate surface area is 104 Å². The molecule has 86 valence electrons. The number of benzene rings is 1. The Hall–Kier alpha value is -0.930. The third-order valence-electron chi connectivity index (χ3n) is 2.45. The van der Waals surface area contributed by atoms with Crippen LogP contribution in [-0.4, -0.2) is 35.9 Å². The van der Waals surface area contributed by atoms with Gasteiger partial charge in [0.1, 0.15) is 17.7 Å². The van der Waals surface area contributed by atoms with Gasteiger partial charge in [-0.15, -0.1) is 11.6 Å². The van der Waals surface area contributed by atoms with E-state index in [2.05, 4.69) is 0 Å². The summed E-state index contributed by atoms with van der Waals surface area (Å²) in [5.74, 6) is 0.631. The van der Waals surface area contributed by atoms with Gasteiger partial charge in [-0.2, -0.15) is 0 Å². The van der Waals surface area contributed by atoms with Crippen molar-refractivity contribution < 1.29 is 9.53 Å². The van der Waals surface area contributed by atoms with Crippen LogP contribution in [0.3, 0.4) is 0 Å². The molecule has 5 heteroatoms. The van der Waals surface area contributed by atoms with E-state index in [0.717, 1.165) is 0 Å². The van der Waals surface area contributed by atoms with Gasteiger partial charge in [-0.25, -0.2) is 0 Å². The fraction of sp³-hybridized carbons (Fsp3) is 0.364. The van der Waals surface area contributed by atoms with E-state index in [-0.39, 0.29) is 17.9 Å². The number of hydrogen-bond donors (Lipinski definition) is 0. The number of para-hydroxylation sites is 1. The summed E-state index contributed by atoms with van der Waals surface area (Å²) in [5, 5.41) is 0.588. The van der Waals surface area contributed by atoms with Crippen molar-refractivity contribution in [2.24, 2.45) is 0 Å². The first-order valence-electron chi connectivity index (χ1n) is 4.95. The topological polar surface area (TPSA) is 29.5 Å². The molecule has 1 aliphatic rings. The van der Waals surface area contributed by atoms with Gasteiger partial charge in [0.25, 0.3) is 0 Å². The highest BCUT2D eigenvalue weighted by molar-refractivity contribution is 6.32. The molecule has 0 atom stereocenters. The van der Waals surface area contributed by atoms with Crippen molar-refractivity contribution >= 4 is 29.1 Å². The summed E-state index contributed by atoms with van der Waals surface area (Å²) in [5.41, 5.74) is 0. The predicted molar refractivity (Wildman–Crippen MR) is 63.2 cm³/mol. The van der Waals surface area contributed by atoms with Crippen LogP contribution < -0.4 is 4.74 Å². The number of amides is 1. The molecule has 0 N–H and O–H groups in total. The lowest BCUT2D eigenvalue weighted by Crippen LogP contribution is -2.56. The highest BCUT2D eigenvalue weighted by Gasteiger charge is 2.31. The van der Waals surface area contributed by atoms with E-state index in [0.29, 0.717) is 23.9 Å². The molecular weight excluding hydrogens is 249 g/mol. The van der Waals surface area contributed by atoms with Crippen LogP contribution in [-0.2, 0) is 4.79 Å². The molecule has 1 heterocycles. The number of rotatable bonds is 3. The maximum Gasteiger partial charge on any atom is 0.237 e. The minimum Gasteiger partial charge on any atom is -0.485 e. The largest absolute Gasteiger partial charge is 0.485 e. The van der Waals surface area contributed by atoms with Gasteiger partial charge in [0, 0.05) is 0 Å². The Morgan fingerprint density at radius 2 is 2.12 bits per heavy atom. The first kappa shape index (κ1) is 11.6. The molecule has 0 spiro atoms. The molecule has 0 saturated carbocycles. The van der Waals surface area contributed by atoms with Gasteiger partial charge in [0.2, 0.25) is 5.91 Å². The van der Waals surface area contributed by atoms with Crippen LogP contribution in [0.5, 0.6) is 5.75 Å². The van der Waals surface area contributed by atoms with E-state index in [1.54, 1.807) is 11.0 Å². The summed E-state index contributed by atoms with van der Waals surface area (Å²) in [4.78, 5) is 12.8. The lowest BCUT2D eigenvalue weighted by atomic mass is 10.1. The molecule has 1 aromatic rings. The first-order chi connectivity index (χ1) is 7.70. The van der Waals surface area contributed by atoms with Crippen LogP contribution in [0.15, 0.2) is 24.3 Å². The average Bonchev–Trinajstić information content (AvgIpc) is 2.24. The second kappa shape index (κ2) is 4.93. The zero-order valence-electron chi connectivity index (χ0n) is 8.53. The smallest absolute Gasteiger partial charge is 0.237 e. The fourth-order valence-electron chi connectivity index (χ4n) is 1.52. The van der Waals surface area contributed by atoms with Gasteiger partial charge in [0.15, 0.2) is 0 Å². The summed E-state index contributed by atoms with van der Waals surface area (Å²) >= 11 is 11.4. The third kappa shape index (κ3) is 2.42. The second-order valence-corrected chi connectivity index (χ2v) is 4.28. The molecule has 0 bridgehead atoms. The fourth-order valence-corrected chi connectivity index (χ4v) is 1.87. The third-order valence-corrected chi connectivity index (χ3v) is 2.99. The number of likely N-dealkylation sites (tertiary alicyclic amines) is 1. The number of ether oxygens (including phenoxy) is 1. The summed E-state index contributed by atoms with van der Waals surface area (Å²) < 4.78 is 5.64. The number of carbonyl (C=O) groups is 1. The van der Waals surface area contributed by atoms with E-state index in [1.165, 1.54) is 0 Å². The van der Waals surface area contributed by atoms with Gasteiger partial charge in [-0.3, -0.25) is 4.79 Å². The van der Waals surface area contributed by atoms with E-state index >= 15 is 0 Å². The molecule has 0 aliphatic carbocycles. The molecular formula is C11H11Cl2NO2. The molecule has 16 heavy (non-hydrogen) atoms. The van der Waals surface area contributed by atoms with Gasteiger partial charge in [0.05, 0.1) is 18.1 Å². The quantitative estimate of drug-likeness (QED) is 0.779. The Balaban J connectivity index is 1.86. The van der Waals surface area contributed by atoms with E-state index in [4.69, 9.17) is 27.9 Å². The molecule has 2 rings (SSSR count). The molecule has 0 unspecified atom stereocenters. The highest BCUT2D eigenvalue weighted by Crippen LogP contribution is 2.26. The molecule has 1 aliphatic heterocycles. The van der Waals surface area contributed by atoms with Crippen LogP contribution in [0.25, 0.3) is 0 Å². The lowest BCUT2D eigenvalue weighted by molar-refractivity contribution is -0.137. The number of alkyl halides is 1. The highest BCUT2D eigenvalue weighted by atomic mass is 35.5. The number of carbonyl (C=O) groups excluding carboxylic acids is 1. The number of halogens is 2. The van der Waals surface area contributed by atoms with Crippen molar-refractivity contribution in [3.63, 3.8) is 0 Å². The maximum absolute atomic E-state index is 11.2. The van der Waals surface area contributed by atoms with Crippen molar-refractivity contribution in [1.29, 1.82) is 0 Å². The SMILES string of the molecule is O=C(CCl)N1CC(Oc2ccccc2Cl)C1. The Morgan fingerprint density at radius 3 is 2.75 bits per heavy atom. The van der Waals surface area contributed by atoms with Crippen molar-refractivity contribution in [3.8, 4) is 5.75 Å². The molecule has 3 nitrogen and oxygen atoms in total. The summed E-state index contributed by atoms with van der Waals surface area (Å²) in [7, 11) is 0. The van der Waals surface area contributed by atoms with Crippen LogP contribution in [0, 0.1) is 0 Å². The van der Waals surface area contributed by atoms with Gasteiger partial charge >= 0.3 is 0 Å². The lowest BCUT2D eigenvalue weighted by Gasteiger charge is -2.38.